The zero-order valence-corrected chi connectivity index (χ0v) is 9.13. The molecule has 1 rings (SSSR count). The molecule has 1 atom stereocenters. The number of rotatable bonds is 5. The van der Waals surface area contributed by atoms with Gasteiger partial charge in [0.25, 0.3) is 0 Å². The van der Waals surface area contributed by atoms with Gasteiger partial charge in [-0.2, -0.15) is 0 Å². The van der Waals surface area contributed by atoms with E-state index in [1.807, 2.05) is 11.9 Å². The minimum absolute atomic E-state index is 0.0763. The third-order valence-electron chi connectivity index (χ3n) is 2.39. The maximum atomic E-state index is 10.7. The van der Waals surface area contributed by atoms with Gasteiger partial charge < -0.3 is 20.8 Å². The van der Waals surface area contributed by atoms with Crippen molar-refractivity contribution < 1.29 is 15.0 Å². The Kier molecular flexibility index (Phi) is 4.28. The van der Waals surface area contributed by atoms with Crippen molar-refractivity contribution in [1.29, 1.82) is 0 Å². The molecule has 0 spiro atoms. The van der Waals surface area contributed by atoms with Crippen LogP contribution in [0.25, 0.3) is 0 Å². The molecule has 0 heterocycles. The number of aliphatic carboxylic acids is 1. The summed E-state index contributed by atoms with van der Waals surface area (Å²) in [6.45, 7) is 0.608. The van der Waals surface area contributed by atoms with E-state index in [-0.39, 0.29) is 6.61 Å². The second-order valence-electron chi connectivity index (χ2n) is 3.55. The van der Waals surface area contributed by atoms with Gasteiger partial charge >= 0.3 is 5.97 Å². The highest BCUT2D eigenvalue weighted by Gasteiger charge is 2.13. The Morgan fingerprint density at radius 3 is 2.44 bits per heavy atom. The summed E-state index contributed by atoms with van der Waals surface area (Å²) < 4.78 is 0. The summed E-state index contributed by atoms with van der Waals surface area (Å²) in [6.07, 6.45) is 0. The van der Waals surface area contributed by atoms with Crippen molar-refractivity contribution in [1.82, 2.24) is 0 Å². The summed E-state index contributed by atoms with van der Waals surface area (Å²) in [5, 5.41) is 17.5. The highest BCUT2D eigenvalue weighted by molar-refractivity contribution is 5.75. The van der Waals surface area contributed by atoms with Crippen molar-refractivity contribution >= 4 is 11.7 Å². The number of aliphatic hydroxyl groups is 1. The molecule has 5 heteroatoms. The van der Waals surface area contributed by atoms with Gasteiger partial charge in [-0.1, -0.05) is 12.1 Å². The van der Waals surface area contributed by atoms with Crippen LogP contribution < -0.4 is 10.6 Å². The smallest absolute Gasteiger partial charge is 0.325 e. The Labute approximate surface area is 94.1 Å². The fraction of sp³-hybridized carbons (Fsp3) is 0.364. The minimum Gasteiger partial charge on any atom is -0.480 e. The van der Waals surface area contributed by atoms with Gasteiger partial charge in [-0.3, -0.25) is 4.79 Å². The first-order valence-electron chi connectivity index (χ1n) is 4.96. The van der Waals surface area contributed by atoms with E-state index in [4.69, 9.17) is 15.9 Å². The average molecular weight is 224 g/mol. The molecule has 88 valence electrons. The Morgan fingerprint density at radius 2 is 2.00 bits per heavy atom. The van der Waals surface area contributed by atoms with E-state index < -0.39 is 12.0 Å². The van der Waals surface area contributed by atoms with Gasteiger partial charge in [0.15, 0.2) is 0 Å². The molecule has 0 amide bonds. The van der Waals surface area contributed by atoms with Crippen LogP contribution in [0.2, 0.25) is 0 Å². The van der Waals surface area contributed by atoms with Gasteiger partial charge in [0.05, 0.1) is 6.61 Å². The SMILES string of the molecule is CN(CCO)c1ccc([C@H](N)C(=O)O)cc1. The summed E-state index contributed by atoms with van der Waals surface area (Å²) in [4.78, 5) is 12.5. The fourth-order valence-corrected chi connectivity index (χ4v) is 1.36. The molecular weight excluding hydrogens is 208 g/mol. The van der Waals surface area contributed by atoms with E-state index in [9.17, 15) is 4.79 Å². The van der Waals surface area contributed by atoms with Crippen molar-refractivity contribution in [2.45, 2.75) is 6.04 Å². The normalized spacial score (nSPS) is 12.2. The third kappa shape index (κ3) is 2.95. The molecule has 0 fully saturated rings. The van der Waals surface area contributed by atoms with E-state index in [0.29, 0.717) is 12.1 Å². The van der Waals surface area contributed by atoms with Crippen LogP contribution in [0.5, 0.6) is 0 Å². The van der Waals surface area contributed by atoms with Gasteiger partial charge in [0, 0.05) is 19.3 Å². The zero-order chi connectivity index (χ0) is 12.1. The third-order valence-corrected chi connectivity index (χ3v) is 2.39. The van der Waals surface area contributed by atoms with Gasteiger partial charge in [-0.05, 0) is 17.7 Å². The largest absolute Gasteiger partial charge is 0.480 e. The summed E-state index contributed by atoms with van der Waals surface area (Å²) >= 11 is 0. The molecule has 0 bridgehead atoms. The zero-order valence-electron chi connectivity index (χ0n) is 9.13. The van der Waals surface area contributed by atoms with Gasteiger partial charge in [-0.25, -0.2) is 0 Å². The quantitative estimate of drug-likeness (QED) is 0.665. The van der Waals surface area contributed by atoms with E-state index in [1.165, 1.54) is 0 Å². The number of nitrogens with two attached hydrogens (primary N) is 1. The van der Waals surface area contributed by atoms with E-state index in [2.05, 4.69) is 0 Å². The summed E-state index contributed by atoms with van der Waals surface area (Å²) in [7, 11) is 1.85. The van der Waals surface area contributed by atoms with Crippen LogP contribution in [-0.4, -0.2) is 36.4 Å². The first kappa shape index (κ1) is 12.5. The topological polar surface area (TPSA) is 86.8 Å². The number of aliphatic hydroxyl groups excluding tert-OH is 1. The van der Waals surface area contributed by atoms with E-state index >= 15 is 0 Å². The molecule has 4 N–H and O–H groups in total. The number of anilines is 1. The first-order chi connectivity index (χ1) is 7.56. The molecule has 1 aromatic carbocycles. The Balaban J connectivity index is 2.78. The molecule has 0 aliphatic heterocycles. The molecule has 0 aliphatic rings. The standard InChI is InChI=1S/C11H16N2O3/c1-13(6-7-14)9-4-2-8(3-5-9)10(12)11(15)16/h2-5,10,14H,6-7,12H2,1H3,(H,15,16)/t10-/m0/s1. The number of hydrogen-bond acceptors (Lipinski definition) is 4. The number of benzene rings is 1. The number of likely N-dealkylation sites (N-methyl/N-ethyl adjacent to an activating group) is 1. The number of carboxylic acid groups (broad SMARTS) is 1. The summed E-state index contributed by atoms with van der Waals surface area (Å²) in [6, 6.07) is 5.95. The van der Waals surface area contributed by atoms with E-state index in [0.717, 1.165) is 5.69 Å². The number of carboxylic acids is 1. The van der Waals surface area contributed by atoms with Crippen LogP contribution in [0.3, 0.4) is 0 Å². The molecule has 0 aliphatic carbocycles. The molecule has 0 aromatic heterocycles. The lowest BCUT2D eigenvalue weighted by Gasteiger charge is -2.18. The van der Waals surface area contributed by atoms with Crippen molar-refractivity contribution in [2.24, 2.45) is 5.73 Å². The van der Waals surface area contributed by atoms with E-state index in [1.54, 1.807) is 24.3 Å². The average Bonchev–Trinajstić information content (AvgIpc) is 2.28. The van der Waals surface area contributed by atoms with Gasteiger partial charge in [0.2, 0.25) is 0 Å². The van der Waals surface area contributed by atoms with Crippen molar-refractivity contribution in [2.75, 3.05) is 25.1 Å². The lowest BCUT2D eigenvalue weighted by molar-refractivity contribution is -0.138. The summed E-state index contributed by atoms with van der Waals surface area (Å²) in [5.74, 6) is -1.04. The molecule has 0 radical (unpaired) electrons. The molecule has 5 nitrogen and oxygen atoms in total. The fourth-order valence-electron chi connectivity index (χ4n) is 1.36. The molecule has 16 heavy (non-hydrogen) atoms. The molecule has 0 saturated carbocycles. The lowest BCUT2D eigenvalue weighted by atomic mass is 10.1. The van der Waals surface area contributed by atoms with Crippen molar-refractivity contribution in [3.05, 3.63) is 29.8 Å². The predicted molar refractivity (Wildman–Crippen MR) is 61.4 cm³/mol. The second-order valence-corrected chi connectivity index (χ2v) is 3.55. The van der Waals surface area contributed by atoms with Crippen LogP contribution in [0.4, 0.5) is 5.69 Å². The van der Waals surface area contributed by atoms with Crippen LogP contribution in [0.1, 0.15) is 11.6 Å². The van der Waals surface area contributed by atoms with Crippen LogP contribution in [0, 0.1) is 0 Å². The van der Waals surface area contributed by atoms with Crippen LogP contribution in [-0.2, 0) is 4.79 Å². The monoisotopic (exact) mass is 224 g/mol. The maximum Gasteiger partial charge on any atom is 0.325 e. The molecule has 0 unspecified atom stereocenters. The first-order valence-corrected chi connectivity index (χ1v) is 4.96. The number of hydrogen-bond donors (Lipinski definition) is 3. The van der Waals surface area contributed by atoms with Crippen LogP contribution in [0.15, 0.2) is 24.3 Å². The summed E-state index contributed by atoms with van der Waals surface area (Å²) in [5.41, 5.74) is 6.95. The minimum atomic E-state index is -1.04. The van der Waals surface area contributed by atoms with Crippen molar-refractivity contribution in [3.63, 3.8) is 0 Å². The lowest BCUT2D eigenvalue weighted by Crippen LogP contribution is -2.22. The highest BCUT2D eigenvalue weighted by atomic mass is 16.4. The van der Waals surface area contributed by atoms with Crippen LogP contribution >= 0.6 is 0 Å². The predicted octanol–water partition coefficient (Wildman–Crippen LogP) is 0.199. The highest BCUT2D eigenvalue weighted by Crippen LogP contribution is 2.17. The Hall–Kier alpha value is -1.59. The second kappa shape index (κ2) is 5.48. The van der Waals surface area contributed by atoms with Gasteiger partial charge in [-0.15, -0.1) is 0 Å². The molecule has 0 saturated heterocycles. The number of carbonyl (C=O) groups is 1. The van der Waals surface area contributed by atoms with Gasteiger partial charge in [0.1, 0.15) is 6.04 Å². The Bertz CT molecular complexity index is 351. The Morgan fingerprint density at radius 1 is 1.44 bits per heavy atom. The molecule has 1 aromatic rings. The number of nitrogens with zero attached hydrogens (tertiary/aromatic N) is 1. The van der Waals surface area contributed by atoms with Crippen molar-refractivity contribution in [3.8, 4) is 0 Å². The maximum absolute atomic E-state index is 10.7. The molecular formula is C11H16N2O3.